The summed E-state index contributed by atoms with van der Waals surface area (Å²) >= 11 is 0. The summed E-state index contributed by atoms with van der Waals surface area (Å²) in [6.45, 7) is 4.47. The summed E-state index contributed by atoms with van der Waals surface area (Å²) in [7, 11) is 1.79. The minimum Gasteiger partial charge on any atom is -0.484 e. The van der Waals surface area contributed by atoms with E-state index in [4.69, 9.17) is 4.74 Å². The summed E-state index contributed by atoms with van der Waals surface area (Å²) in [4.78, 5) is 11.7. The monoisotopic (exact) mass is 282 g/mol. The molecular formula is C15H23FN2O2. The number of ether oxygens (including phenoxy) is 1. The first-order chi connectivity index (χ1) is 9.55. The second-order valence-electron chi connectivity index (χ2n) is 4.87. The standard InChI is InChI=1S/C15H23FN2O2/c1-4-5-11(2)18-15(19)10-20-14-7-12(9-17-3)6-13(16)8-14/h6-8,11,17H,4-5,9-10H2,1-3H3,(H,18,19). The van der Waals surface area contributed by atoms with Gasteiger partial charge in [-0.15, -0.1) is 0 Å². The van der Waals surface area contributed by atoms with Crippen LogP contribution in [0.4, 0.5) is 4.39 Å². The number of benzene rings is 1. The molecule has 2 N–H and O–H groups in total. The zero-order valence-electron chi connectivity index (χ0n) is 12.3. The average Bonchev–Trinajstić information content (AvgIpc) is 2.36. The Morgan fingerprint density at radius 3 is 2.80 bits per heavy atom. The van der Waals surface area contributed by atoms with E-state index in [1.165, 1.54) is 12.1 Å². The van der Waals surface area contributed by atoms with Gasteiger partial charge in [-0.05, 0) is 38.1 Å². The van der Waals surface area contributed by atoms with Crippen LogP contribution in [-0.4, -0.2) is 25.6 Å². The molecule has 0 saturated heterocycles. The molecule has 0 aromatic heterocycles. The lowest BCUT2D eigenvalue weighted by atomic mass is 10.2. The normalized spacial score (nSPS) is 12.0. The maximum atomic E-state index is 13.4. The van der Waals surface area contributed by atoms with Gasteiger partial charge >= 0.3 is 0 Å². The largest absolute Gasteiger partial charge is 0.484 e. The highest BCUT2D eigenvalue weighted by atomic mass is 19.1. The van der Waals surface area contributed by atoms with Crippen LogP contribution in [0.5, 0.6) is 5.75 Å². The van der Waals surface area contributed by atoms with Crippen molar-refractivity contribution in [2.45, 2.75) is 39.3 Å². The van der Waals surface area contributed by atoms with Gasteiger partial charge in [0.1, 0.15) is 11.6 Å². The Hall–Kier alpha value is -1.62. The highest BCUT2D eigenvalue weighted by Gasteiger charge is 2.08. The van der Waals surface area contributed by atoms with Crippen molar-refractivity contribution in [3.63, 3.8) is 0 Å². The summed E-state index contributed by atoms with van der Waals surface area (Å²) in [5.74, 6) is -0.188. The van der Waals surface area contributed by atoms with Crippen LogP contribution < -0.4 is 15.4 Å². The Kier molecular flexibility index (Phi) is 7.01. The van der Waals surface area contributed by atoms with Crippen LogP contribution >= 0.6 is 0 Å². The van der Waals surface area contributed by atoms with Gasteiger partial charge < -0.3 is 15.4 Å². The van der Waals surface area contributed by atoms with Gasteiger partial charge in [0.25, 0.3) is 5.91 Å². The molecule has 0 aliphatic carbocycles. The fraction of sp³-hybridized carbons (Fsp3) is 0.533. The number of halogens is 1. The highest BCUT2D eigenvalue weighted by Crippen LogP contribution is 2.16. The van der Waals surface area contributed by atoms with Crippen LogP contribution in [0.3, 0.4) is 0 Å². The van der Waals surface area contributed by atoms with E-state index < -0.39 is 0 Å². The highest BCUT2D eigenvalue weighted by molar-refractivity contribution is 5.77. The molecule has 0 radical (unpaired) electrons. The van der Waals surface area contributed by atoms with E-state index in [-0.39, 0.29) is 24.4 Å². The van der Waals surface area contributed by atoms with Crippen molar-refractivity contribution in [1.29, 1.82) is 0 Å². The van der Waals surface area contributed by atoms with E-state index in [0.29, 0.717) is 12.3 Å². The minimum absolute atomic E-state index is 0.101. The second kappa shape index (κ2) is 8.53. The molecule has 0 heterocycles. The van der Waals surface area contributed by atoms with Crippen LogP contribution in [-0.2, 0) is 11.3 Å². The second-order valence-corrected chi connectivity index (χ2v) is 4.87. The zero-order chi connectivity index (χ0) is 15.0. The fourth-order valence-electron chi connectivity index (χ4n) is 1.98. The molecule has 1 aromatic rings. The molecule has 1 aromatic carbocycles. The van der Waals surface area contributed by atoms with Crippen molar-refractivity contribution in [2.75, 3.05) is 13.7 Å². The van der Waals surface area contributed by atoms with Crippen molar-refractivity contribution < 1.29 is 13.9 Å². The molecule has 0 saturated carbocycles. The molecule has 1 rings (SSSR count). The summed E-state index contributed by atoms with van der Waals surface area (Å²) in [6, 6.07) is 4.57. The molecule has 4 nitrogen and oxygen atoms in total. The Labute approximate surface area is 119 Å². The van der Waals surface area contributed by atoms with E-state index in [0.717, 1.165) is 18.4 Å². The van der Waals surface area contributed by atoms with Gasteiger partial charge in [0.15, 0.2) is 6.61 Å². The predicted octanol–water partition coefficient (Wildman–Crippen LogP) is 2.23. The van der Waals surface area contributed by atoms with Crippen molar-refractivity contribution in [3.8, 4) is 5.75 Å². The van der Waals surface area contributed by atoms with Crippen molar-refractivity contribution in [1.82, 2.24) is 10.6 Å². The Morgan fingerprint density at radius 2 is 2.15 bits per heavy atom. The molecular weight excluding hydrogens is 259 g/mol. The SMILES string of the molecule is CCCC(C)NC(=O)COc1cc(F)cc(CNC)c1. The predicted molar refractivity (Wildman–Crippen MR) is 77.2 cm³/mol. The quantitative estimate of drug-likeness (QED) is 0.769. The van der Waals surface area contributed by atoms with Crippen LogP contribution in [0.25, 0.3) is 0 Å². The summed E-state index contributed by atoms with van der Waals surface area (Å²) in [5.41, 5.74) is 0.780. The molecule has 1 atom stereocenters. The molecule has 0 fully saturated rings. The molecule has 0 aliphatic heterocycles. The number of carbonyl (C=O) groups excluding carboxylic acids is 1. The first-order valence-corrected chi connectivity index (χ1v) is 6.91. The lowest BCUT2D eigenvalue weighted by Crippen LogP contribution is -2.35. The third kappa shape index (κ3) is 6.02. The van der Waals surface area contributed by atoms with E-state index >= 15 is 0 Å². The summed E-state index contributed by atoms with van der Waals surface area (Å²) in [6.07, 6.45) is 1.94. The molecule has 1 amide bonds. The Morgan fingerprint density at radius 1 is 1.40 bits per heavy atom. The number of nitrogens with one attached hydrogen (secondary N) is 2. The van der Waals surface area contributed by atoms with Gasteiger partial charge in [-0.2, -0.15) is 0 Å². The molecule has 0 aliphatic rings. The van der Waals surface area contributed by atoms with E-state index in [2.05, 4.69) is 17.6 Å². The lowest BCUT2D eigenvalue weighted by molar-refractivity contribution is -0.123. The number of amides is 1. The van der Waals surface area contributed by atoms with Crippen molar-refractivity contribution in [2.24, 2.45) is 0 Å². The first-order valence-electron chi connectivity index (χ1n) is 6.91. The molecule has 0 spiro atoms. The molecule has 5 heteroatoms. The van der Waals surface area contributed by atoms with Crippen LogP contribution in [0, 0.1) is 5.82 Å². The maximum absolute atomic E-state index is 13.4. The third-order valence-electron chi connectivity index (χ3n) is 2.81. The van der Waals surface area contributed by atoms with Crippen LogP contribution in [0.15, 0.2) is 18.2 Å². The van der Waals surface area contributed by atoms with Crippen molar-refractivity contribution >= 4 is 5.91 Å². The molecule has 0 bridgehead atoms. The Balaban J connectivity index is 2.50. The Bertz CT molecular complexity index is 438. The average molecular weight is 282 g/mol. The lowest BCUT2D eigenvalue weighted by Gasteiger charge is -2.13. The van der Waals surface area contributed by atoms with Crippen molar-refractivity contribution in [3.05, 3.63) is 29.6 Å². The number of hydrogen-bond acceptors (Lipinski definition) is 3. The molecule has 1 unspecified atom stereocenters. The third-order valence-corrected chi connectivity index (χ3v) is 2.81. The number of carbonyl (C=O) groups is 1. The van der Waals surface area contributed by atoms with E-state index in [1.807, 2.05) is 6.92 Å². The van der Waals surface area contributed by atoms with E-state index in [1.54, 1.807) is 13.1 Å². The first kappa shape index (κ1) is 16.4. The zero-order valence-corrected chi connectivity index (χ0v) is 12.3. The van der Waals surface area contributed by atoms with Gasteiger partial charge in [-0.3, -0.25) is 4.79 Å². The fourth-order valence-corrected chi connectivity index (χ4v) is 1.98. The number of rotatable bonds is 8. The van der Waals surface area contributed by atoms with Crippen LogP contribution in [0.1, 0.15) is 32.3 Å². The van der Waals surface area contributed by atoms with Gasteiger partial charge in [0.05, 0.1) is 0 Å². The number of hydrogen-bond donors (Lipinski definition) is 2. The molecule has 20 heavy (non-hydrogen) atoms. The van der Waals surface area contributed by atoms with Gasteiger partial charge in [0, 0.05) is 18.7 Å². The molecule has 112 valence electrons. The topological polar surface area (TPSA) is 50.4 Å². The van der Waals surface area contributed by atoms with Gasteiger partial charge in [-0.25, -0.2) is 4.39 Å². The van der Waals surface area contributed by atoms with Gasteiger partial charge in [0.2, 0.25) is 0 Å². The smallest absolute Gasteiger partial charge is 0.258 e. The van der Waals surface area contributed by atoms with Crippen LogP contribution in [0.2, 0.25) is 0 Å². The van der Waals surface area contributed by atoms with Gasteiger partial charge in [-0.1, -0.05) is 13.3 Å². The summed E-state index contributed by atoms with van der Waals surface area (Å²) in [5, 5.41) is 5.78. The summed E-state index contributed by atoms with van der Waals surface area (Å²) < 4.78 is 18.7. The maximum Gasteiger partial charge on any atom is 0.258 e. The van der Waals surface area contributed by atoms with E-state index in [9.17, 15) is 9.18 Å². The minimum atomic E-state index is -0.368.